The van der Waals surface area contributed by atoms with E-state index in [4.69, 9.17) is 4.74 Å². The zero-order valence-electron chi connectivity index (χ0n) is 16.4. The lowest BCUT2D eigenvalue weighted by Crippen LogP contribution is -2.29. The van der Waals surface area contributed by atoms with Gasteiger partial charge in [0.2, 0.25) is 4.96 Å². The van der Waals surface area contributed by atoms with Crippen molar-refractivity contribution in [1.29, 1.82) is 0 Å². The van der Waals surface area contributed by atoms with Crippen molar-refractivity contribution < 1.29 is 9.53 Å². The number of amides is 1. The van der Waals surface area contributed by atoms with Crippen LogP contribution in [0.25, 0.3) is 15.5 Å². The van der Waals surface area contributed by atoms with Crippen molar-refractivity contribution in [3.8, 4) is 16.3 Å². The molecule has 0 aliphatic rings. The first-order chi connectivity index (χ1) is 14.6. The molecule has 0 saturated heterocycles. The number of hydrogen-bond acceptors (Lipinski definition) is 6. The Labute approximate surface area is 177 Å². The van der Waals surface area contributed by atoms with Crippen LogP contribution in [0, 0.1) is 0 Å². The molecule has 2 aromatic carbocycles. The second-order valence-electron chi connectivity index (χ2n) is 6.62. The molecule has 0 spiro atoms. The summed E-state index contributed by atoms with van der Waals surface area (Å²) < 4.78 is 6.77. The van der Waals surface area contributed by atoms with Crippen LogP contribution in [-0.2, 0) is 17.8 Å². The Morgan fingerprint density at radius 3 is 2.63 bits per heavy atom. The molecule has 0 aliphatic heterocycles. The lowest BCUT2D eigenvalue weighted by molar-refractivity contribution is -0.123. The van der Waals surface area contributed by atoms with E-state index in [1.54, 1.807) is 0 Å². The zero-order valence-corrected chi connectivity index (χ0v) is 17.2. The number of aromatic nitrogens is 3. The van der Waals surface area contributed by atoms with Gasteiger partial charge in [-0.1, -0.05) is 60.7 Å². The molecule has 152 valence electrons. The molecule has 0 radical (unpaired) electrons. The number of carbonyl (C=O) groups is 1. The van der Waals surface area contributed by atoms with E-state index in [0.717, 1.165) is 12.0 Å². The minimum Gasteiger partial charge on any atom is -0.484 e. The second kappa shape index (κ2) is 8.87. The Morgan fingerprint density at radius 1 is 1.13 bits per heavy atom. The standard InChI is InChI=1S/C22H20N4O3S/c1-2-15-8-10-18(11-9-15)29-14-19(27)23-13-17-12-20(28)26-22(24-17)30-21(25-26)16-6-4-3-5-7-16/h3-12H,2,13-14H2,1H3,(H,23,27). The monoisotopic (exact) mass is 420 g/mol. The molecule has 0 unspecified atom stereocenters. The van der Waals surface area contributed by atoms with Crippen LogP contribution in [-0.4, -0.2) is 27.1 Å². The third-order valence-electron chi connectivity index (χ3n) is 4.49. The number of hydrogen-bond donors (Lipinski definition) is 1. The van der Waals surface area contributed by atoms with E-state index in [9.17, 15) is 9.59 Å². The molecule has 0 fully saturated rings. The average Bonchev–Trinajstić information content (AvgIpc) is 3.22. The molecule has 4 aromatic rings. The van der Waals surface area contributed by atoms with E-state index in [2.05, 4.69) is 22.3 Å². The normalized spacial score (nSPS) is 10.8. The van der Waals surface area contributed by atoms with Gasteiger partial charge < -0.3 is 10.1 Å². The van der Waals surface area contributed by atoms with Crippen LogP contribution in [0.1, 0.15) is 18.2 Å². The van der Waals surface area contributed by atoms with Crippen molar-refractivity contribution in [3.63, 3.8) is 0 Å². The topological polar surface area (TPSA) is 85.6 Å². The molecule has 8 heteroatoms. The summed E-state index contributed by atoms with van der Waals surface area (Å²) in [5.74, 6) is 0.351. The highest BCUT2D eigenvalue weighted by atomic mass is 32.1. The van der Waals surface area contributed by atoms with Gasteiger partial charge in [0.05, 0.1) is 12.2 Å². The second-order valence-corrected chi connectivity index (χ2v) is 7.57. The zero-order chi connectivity index (χ0) is 20.9. The van der Waals surface area contributed by atoms with Crippen molar-refractivity contribution in [2.45, 2.75) is 19.9 Å². The summed E-state index contributed by atoms with van der Waals surface area (Å²) in [6, 6.07) is 18.6. The minimum absolute atomic E-state index is 0.106. The number of rotatable bonds is 7. The van der Waals surface area contributed by atoms with E-state index in [-0.39, 0.29) is 24.6 Å². The first kappa shape index (κ1) is 19.8. The number of carbonyl (C=O) groups excluding carboxylic acids is 1. The molecule has 30 heavy (non-hydrogen) atoms. The van der Waals surface area contributed by atoms with Crippen molar-refractivity contribution >= 4 is 22.2 Å². The Balaban J connectivity index is 1.39. The number of fused-ring (bicyclic) bond motifs is 1. The molecule has 4 rings (SSSR count). The summed E-state index contributed by atoms with van der Waals surface area (Å²) in [6.07, 6.45) is 0.949. The Bertz CT molecular complexity index is 1220. The van der Waals surface area contributed by atoms with Crippen molar-refractivity contribution in [1.82, 2.24) is 19.9 Å². The maximum Gasteiger partial charge on any atom is 0.275 e. The largest absolute Gasteiger partial charge is 0.484 e. The SMILES string of the molecule is CCc1ccc(OCC(=O)NCc2cc(=O)n3nc(-c4ccccc4)sc3n2)cc1. The van der Waals surface area contributed by atoms with E-state index in [0.29, 0.717) is 21.4 Å². The van der Waals surface area contributed by atoms with Crippen LogP contribution in [0.2, 0.25) is 0 Å². The lowest BCUT2D eigenvalue weighted by Gasteiger charge is -2.07. The maximum absolute atomic E-state index is 12.4. The Hall–Kier alpha value is -3.52. The fourth-order valence-corrected chi connectivity index (χ4v) is 3.78. The predicted molar refractivity (Wildman–Crippen MR) is 116 cm³/mol. The number of nitrogens with one attached hydrogen (secondary N) is 1. The van der Waals surface area contributed by atoms with E-state index in [1.165, 1.54) is 27.5 Å². The Morgan fingerprint density at radius 2 is 1.90 bits per heavy atom. The molecular weight excluding hydrogens is 400 g/mol. The van der Waals surface area contributed by atoms with Gasteiger partial charge in [-0.2, -0.15) is 9.61 Å². The molecule has 0 bridgehead atoms. The van der Waals surface area contributed by atoms with Crippen LogP contribution >= 0.6 is 11.3 Å². The van der Waals surface area contributed by atoms with Gasteiger partial charge in [-0.25, -0.2) is 4.98 Å². The number of aryl methyl sites for hydroxylation is 1. The molecule has 2 aromatic heterocycles. The summed E-state index contributed by atoms with van der Waals surface area (Å²) in [5, 5.41) is 7.79. The van der Waals surface area contributed by atoms with Crippen LogP contribution in [0.5, 0.6) is 5.75 Å². The van der Waals surface area contributed by atoms with Gasteiger partial charge in [-0.15, -0.1) is 0 Å². The fourth-order valence-electron chi connectivity index (χ4n) is 2.85. The molecule has 0 atom stereocenters. The Kier molecular flexibility index (Phi) is 5.85. The van der Waals surface area contributed by atoms with Gasteiger partial charge in [0.1, 0.15) is 10.8 Å². The molecule has 2 heterocycles. The summed E-state index contributed by atoms with van der Waals surface area (Å²) in [6.45, 7) is 2.11. The van der Waals surface area contributed by atoms with Crippen molar-refractivity contribution in [2.75, 3.05) is 6.61 Å². The van der Waals surface area contributed by atoms with Gasteiger partial charge >= 0.3 is 0 Å². The molecular formula is C22H20N4O3S. The fraction of sp³-hybridized carbons (Fsp3) is 0.182. The number of benzene rings is 2. The molecule has 0 saturated carbocycles. The molecule has 0 aliphatic carbocycles. The highest BCUT2D eigenvalue weighted by molar-refractivity contribution is 7.19. The van der Waals surface area contributed by atoms with Gasteiger partial charge in [0.25, 0.3) is 11.5 Å². The lowest BCUT2D eigenvalue weighted by atomic mass is 10.2. The average molecular weight is 420 g/mol. The van der Waals surface area contributed by atoms with Crippen molar-refractivity contribution in [2.24, 2.45) is 0 Å². The quantitative estimate of drug-likeness (QED) is 0.497. The highest BCUT2D eigenvalue weighted by Gasteiger charge is 2.11. The van der Waals surface area contributed by atoms with Gasteiger partial charge in [-0.3, -0.25) is 9.59 Å². The molecule has 1 amide bonds. The van der Waals surface area contributed by atoms with Gasteiger partial charge in [-0.05, 0) is 24.1 Å². The minimum atomic E-state index is -0.286. The van der Waals surface area contributed by atoms with E-state index < -0.39 is 0 Å². The molecule has 1 N–H and O–H groups in total. The summed E-state index contributed by atoms with van der Waals surface area (Å²) in [5.41, 5.74) is 2.32. The maximum atomic E-state index is 12.4. The van der Waals surface area contributed by atoms with Crippen LogP contribution < -0.4 is 15.6 Å². The number of nitrogens with zero attached hydrogens (tertiary/aromatic N) is 3. The number of ether oxygens (including phenoxy) is 1. The third-order valence-corrected chi connectivity index (χ3v) is 5.44. The summed E-state index contributed by atoms with van der Waals surface area (Å²) in [7, 11) is 0. The summed E-state index contributed by atoms with van der Waals surface area (Å²) >= 11 is 1.33. The van der Waals surface area contributed by atoms with Crippen LogP contribution in [0.4, 0.5) is 0 Å². The third kappa shape index (κ3) is 4.55. The first-order valence-corrected chi connectivity index (χ1v) is 10.4. The summed E-state index contributed by atoms with van der Waals surface area (Å²) in [4.78, 5) is 29.4. The van der Waals surface area contributed by atoms with Crippen LogP contribution in [0.3, 0.4) is 0 Å². The van der Waals surface area contributed by atoms with Crippen LogP contribution in [0.15, 0.2) is 65.5 Å². The van der Waals surface area contributed by atoms with E-state index in [1.807, 2.05) is 54.6 Å². The predicted octanol–water partition coefficient (Wildman–Crippen LogP) is 3.08. The first-order valence-electron chi connectivity index (χ1n) is 9.56. The molecule has 7 nitrogen and oxygen atoms in total. The smallest absolute Gasteiger partial charge is 0.275 e. The van der Waals surface area contributed by atoms with Gasteiger partial charge in [0.15, 0.2) is 6.61 Å². The highest BCUT2D eigenvalue weighted by Crippen LogP contribution is 2.23. The van der Waals surface area contributed by atoms with Gasteiger partial charge in [0, 0.05) is 11.6 Å². The van der Waals surface area contributed by atoms with Crippen molar-refractivity contribution in [3.05, 3.63) is 82.3 Å². The van der Waals surface area contributed by atoms with E-state index >= 15 is 0 Å².